The molecule has 0 unspecified atom stereocenters. The maximum Gasteiger partial charge on any atom is 0.299 e. The number of ether oxygens (including phenoxy) is 3. The summed E-state index contributed by atoms with van der Waals surface area (Å²) in [5.74, 6) is 0.411. The number of carbonyl (C=O) groups excluding carboxylic acids is 1. The van der Waals surface area contributed by atoms with Gasteiger partial charge in [-0.3, -0.25) is 15.0 Å². The van der Waals surface area contributed by atoms with Crippen molar-refractivity contribution < 1.29 is 19.0 Å². The van der Waals surface area contributed by atoms with Crippen molar-refractivity contribution in [3.8, 4) is 28.4 Å². The number of hydrogen-bond donors (Lipinski definition) is 1. The van der Waals surface area contributed by atoms with Crippen LogP contribution in [-0.2, 0) is 6.42 Å². The van der Waals surface area contributed by atoms with Gasteiger partial charge in [-0.25, -0.2) is 9.19 Å². The Balaban J connectivity index is 1.57. The van der Waals surface area contributed by atoms with Gasteiger partial charge in [-0.1, -0.05) is 37.3 Å². The number of fused-ring (bicyclic) bond motifs is 3. The van der Waals surface area contributed by atoms with E-state index in [9.17, 15) is 9.59 Å². The lowest BCUT2D eigenvalue weighted by molar-refractivity contribution is 0.101. The predicted molar refractivity (Wildman–Crippen MR) is 137 cm³/mol. The first-order chi connectivity index (χ1) is 18.0. The number of carbonyl (C=O) groups is 1. The van der Waals surface area contributed by atoms with Crippen LogP contribution in [0.1, 0.15) is 23.0 Å². The van der Waals surface area contributed by atoms with Crippen LogP contribution in [0.25, 0.3) is 27.8 Å². The second kappa shape index (κ2) is 9.61. The first-order valence-corrected chi connectivity index (χ1v) is 11.5. The molecule has 1 amide bonds. The third-order valence-corrected chi connectivity index (χ3v) is 6.00. The molecule has 0 spiro atoms. The van der Waals surface area contributed by atoms with Gasteiger partial charge in [0, 0.05) is 11.8 Å². The number of aromatic nitrogens is 5. The molecular weight excluding hydrogens is 476 g/mol. The summed E-state index contributed by atoms with van der Waals surface area (Å²) in [4.78, 5) is 26.3. The summed E-state index contributed by atoms with van der Waals surface area (Å²) in [5, 5.41) is 13.3. The van der Waals surface area contributed by atoms with Crippen LogP contribution < -0.4 is 25.2 Å². The van der Waals surface area contributed by atoms with E-state index < -0.39 is 11.5 Å². The van der Waals surface area contributed by atoms with E-state index in [1.165, 1.54) is 39.7 Å². The van der Waals surface area contributed by atoms with Gasteiger partial charge in [0.15, 0.2) is 22.7 Å². The Bertz CT molecular complexity index is 1670. The molecule has 5 rings (SSSR count). The Morgan fingerprint density at radius 3 is 2.30 bits per heavy atom. The standard InChI is InChI=1S/C26H24N6O5/c1-5-17-21(15-9-7-6-8-10-15)24-28-27-22-18(32(24)29-17)11-12-31(26(22)34)30-25(33)16-13-19(35-2)23(37-4)20(14-16)36-3/h6-14H,5H2,1-4H3,(H,30,33). The summed E-state index contributed by atoms with van der Waals surface area (Å²) in [6.45, 7) is 2.01. The second-order valence-electron chi connectivity index (χ2n) is 8.06. The van der Waals surface area contributed by atoms with Gasteiger partial charge >= 0.3 is 0 Å². The lowest BCUT2D eigenvalue weighted by atomic mass is 10.0. The van der Waals surface area contributed by atoms with Crippen LogP contribution in [0.2, 0.25) is 0 Å². The Hall–Kier alpha value is -4.93. The molecule has 2 aromatic carbocycles. The predicted octanol–water partition coefficient (Wildman–Crippen LogP) is 3.08. The molecule has 11 heteroatoms. The number of rotatable bonds is 7. The van der Waals surface area contributed by atoms with E-state index >= 15 is 0 Å². The summed E-state index contributed by atoms with van der Waals surface area (Å²) in [7, 11) is 4.38. The number of hydrogen-bond acceptors (Lipinski definition) is 8. The number of nitrogens with one attached hydrogen (secondary N) is 1. The fraction of sp³-hybridized carbons (Fsp3) is 0.192. The van der Waals surface area contributed by atoms with Gasteiger partial charge in [0.25, 0.3) is 11.5 Å². The number of aryl methyl sites for hydroxylation is 1. The van der Waals surface area contributed by atoms with Crippen LogP contribution in [-0.4, -0.2) is 51.7 Å². The Labute approximate surface area is 211 Å². The van der Waals surface area contributed by atoms with Gasteiger partial charge in [-0.2, -0.15) is 5.10 Å². The summed E-state index contributed by atoms with van der Waals surface area (Å²) in [6, 6.07) is 14.5. The molecule has 1 N–H and O–H groups in total. The third kappa shape index (κ3) is 3.99. The van der Waals surface area contributed by atoms with Gasteiger partial charge in [-0.15, -0.1) is 10.2 Å². The molecule has 0 saturated carbocycles. The van der Waals surface area contributed by atoms with E-state index in [-0.39, 0.29) is 11.1 Å². The third-order valence-electron chi connectivity index (χ3n) is 6.00. The molecule has 0 aliphatic heterocycles. The topological polar surface area (TPSA) is 122 Å². The van der Waals surface area contributed by atoms with E-state index in [0.717, 1.165) is 21.5 Å². The molecule has 0 saturated heterocycles. The molecule has 11 nitrogen and oxygen atoms in total. The summed E-state index contributed by atoms with van der Waals surface area (Å²) in [6.07, 6.45) is 2.13. The molecule has 3 heterocycles. The molecule has 5 aromatic rings. The molecule has 0 aliphatic carbocycles. The fourth-order valence-electron chi connectivity index (χ4n) is 4.21. The van der Waals surface area contributed by atoms with E-state index in [1.807, 2.05) is 37.3 Å². The van der Waals surface area contributed by atoms with Crippen LogP contribution in [0.4, 0.5) is 0 Å². The van der Waals surface area contributed by atoms with Crippen molar-refractivity contribution in [2.75, 3.05) is 26.8 Å². The van der Waals surface area contributed by atoms with E-state index in [4.69, 9.17) is 19.3 Å². The lowest BCUT2D eigenvalue weighted by Crippen LogP contribution is -2.33. The van der Waals surface area contributed by atoms with Gasteiger partial charge in [0.05, 0.1) is 32.6 Å². The SMILES string of the molecule is CCc1nn2c(nnc3c(=O)n(NC(=O)c4cc(OC)c(OC)c(OC)c4)ccc32)c1-c1ccccc1. The minimum absolute atomic E-state index is 0.0601. The first-order valence-electron chi connectivity index (χ1n) is 11.5. The van der Waals surface area contributed by atoms with Gasteiger partial charge in [0.1, 0.15) is 5.52 Å². The molecule has 37 heavy (non-hydrogen) atoms. The minimum atomic E-state index is -0.562. The van der Waals surface area contributed by atoms with Crippen molar-refractivity contribution in [3.05, 3.63) is 76.3 Å². The highest BCUT2D eigenvalue weighted by Gasteiger charge is 2.20. The zero-order valence-corrected chi connectivity index (χ0v) is 20.7. The highest BCUT2D eigenvalue weighted by molar-refractivity contribution is 6.01. The molecule has 0 radical (unpaired) electrons. The van der Waals surface area contributed by atoms with Crippen molar-refractivity contribution in [1.82, 2.24) is 24.5 Å². The highest BCUT2D eigenvalue weighted by Crippen LogP contribution is 2.38. The maximum absolute atomic E-state index is 13.3. The van der Waals surface area contributed by atoms with Crippen LogP contribution in [0.3, 0.4) is 0 Å². The van der Waals surface area contributed by atoms with Crippen molar-refractivity contribution in [2.45, 2.75) is 13.3 Å². The van der Waals surface area contributed by atoms with Crippen LogP contribution in [0.15, 0.2) is 59.5 Å². The maximum atomic E-state index is 13.3. The monoisotopic (exact) mass is 500 g/mol. The van der Waals surface area contributed by atoms with Gasteiger partial charge in [0.2, 0.25) is 5.75 Å². The van der Waals surface area contributed by atoms with Crippen LogP contribution >= 0.6 is 0 Å². The van der Waals surface area contributed by atoms with Crippen molar-refractivity contribution in [3.63, 3.8) is 0 Å². The summed E-state index contributed by atoms with van der Waals surface area (Å²) >= 11 is 0. The number of methoxy groups -OCH3 is 3. The first kappa shape index (κ1) is 23.8. The van der Waals surface area contributed by atoms with E-state index in [0.29, 0.717) is 34.8 Å². The van der Waals surface area contributed by atoms with E-state index in [2.05, 4.69) is 15.6 Å². The minimum Gasteiger partial charge on any atom is -0.493 e. The molecular formula is C26H24N6O5. The average molecular weight is 501 g/mol. The molecule has 0 bridgehead atoms. The normalized spacial score (nSPS) is 11.0. The second-order valence-corrected chi connectivity index (χ2v) is 8.06. The van der Waals surface area contributed by atoms with Crippen molar-refractivity contribution in [1.29, 1.82) is 0 Å². The average Bonchev–Trinajstić information content (AvgIpc) is 3.33. The fourth-order valence-corrected chi connectivity index (χ4v) is 4.21. The Morgan fingerprint density at radius 2 is 1.68 bits per heavy atom. The highest BCUT2D eigenvalue weighted by atomic mass is 16.5. The summed E-state index contributed by atoms with van der Waals surface area (Å²) < 4.78 is 18.6. The van der Waals surface area contributed by atoms with Crippen LogP contribution in [0, 0.1) is 0 Å². The smallest absolute Gasteiger partial charge is 0.299 e. The quantitative estimate of drug-likeness (QED) is 0.362. The van der Waals surface area contributed by atoms with Crippen molar-refractivity contribution >= 4 is 22.6 Å². The van der Waals surface area contributed by atoms with Crippen LogP contribution in [0.5, 0.6) is 17.2 Å². The lowest BCUT2D eigenvalue weighted by Gasteiger charge is -2.14. The molecule has 0 aliphatic rings. The zero-order valence-electron chi connectivity index (χ0n) is 20.7. The number of pyridine rings is 1. The number of nitrogens with zero attached hydrogens (tertiary/aromatic N) is 5. The zero-order chi connectivity index (χ0) is 26.1. The molecule has 0 atom stereocenters. The van der Waals surface area contributed by atoms with E-state index in [1.54, 1.807) is 10.6 Å². The molecule has 3 aromatic heterocycles. The Kier molecular flexibility index (Phi) is 6.18. The largest absolute Gasteiger partial charge is 0.493 e. The Morgan fingerprint density at radius 1 is 0.973 bits per heavy atom. The van der Waals surface area contributed by atoms with Crippen molar-refractivity contribution in [2.24, 2.45) is 0 Å². The number of amides is 1. The molecule has 0 fully saturated rings. The van der Waals surface area contributed by atoms with Gasteiger partial charge in [-0.05, 0) is 30.2 Å². The molecule has 188 valence electrons. The summed E-state index contributed by atoms with van der Waals surface area (Å²) in [5.41, 5.74) is 5.99. The van der Waals surface area contributed by atoms with Gasteiger partial charge < -0.3 is 14.2 Å². The number of benzene rings is 2.